The average molecular weight is 291 g/mol. The molecular weight excluding hydrogens is 270 g/mol. The van der Waals surface area contributed by atoms with Crippen molar-refractivity contribution < 1.29 is 29.7 Å². The van der Waals surface area contributed by atoms with Gasteiger partial charge in [-0.15, -0.1) is 0 Å². The molecule has 1 amide bonds. The van der Waals surface area contributed by atoms with E-state index in [1.165, 1.54) is 16.8 Å². The van der Waals surface area contributed by atoms with Crippen LogP contribution in [-0.4, -0.2) is 95.9 Å². The van der Waals surface area contributed by atoms with Gasteiger partial charge in [-0.1, -0.05) is 0 Å². The molecule has 0 aliphatic rings. The van der Waals surface area contributed by atoms with Gasteiger partial charge in [0.25, 0.3) is 0 Å². The zero-order valence-electron chi connectivity index (χ0n) is 11.4. The Kier molecular flexibility index (Phi) is 9.26. The Morgan fingerprint density at radius 3 is 1.85 bits per heavy atom. The Balaban J connectivity index is 4.41. The zero-order chi connectivity index (χ0) is 15.5. The highest BCUT2D eigenvalue weighted by atomic mass is 16.4. The monoisotopic (exact) mass is 291 g/mol. The number of likely N-dealkylation sites (N-methyl/N-ethyl adjacent to an activating group) is 1. The van der Waals surface area contributed by atoms with Crippen molar-refractivity contribution in [3.05, 3.63) is 0 Å². The van der Waals surface area contributed by atoms with Crippen LogP contribution in [0.25, 0.3) is 0 Å². The number of aliphatic hydroxyl groups excluding tert-OH is 1. The predicted octanol–water partition coefficient (Wildman–Crippen LogP) is -2.50. The number of hydrogen-bond acceptors (Lipinski definition) is 6. The van der Waals surface area contributed by atoms with Gasteiger partial charge in [-0.3, -0.25) is 24.2 Å². The number of carboxylic acid groups (broad SMARTS) is 2. The third kappa shape index (κ3) is 9.25. The first-order chi connectivity index (χ1) is 9.38. The summed E-state index contributed by atoms with van der Waals surface area (Å²) in [5.41, 5.74) is 0. The van der Waals surface area contributed by atoms with E-state index in [2.05, 4.69) is 5.32 Å². The van der Waals surface area contributed by atoms with E-state index >= 15 is 0 Å². The minimum Gasteiger partial charge on any atom is -0.480 e. The Morgan fingerprint density at radius 2 is 1.40 bits per heavy atom. The first-order valence-corrected chi connectivity index (χ1v) is 6.08. The van der Waals surface area contributed by atoms with Gasteiger partial charge in [0.1, 0.15) is 0 Å². The number of hydrogen-bond donors (Lipinski definition) is 4. The summed E-state index contributed by atoms with van der Waals surface area (Å²) in [5.74, 6) is -2.42. The second-order valence-corrected chi connectivity index (χ2v) is 4.17. The van der Waals surface area contributed by atoms with Crippen molar-refractivity contribution in [1.29, 1.82) is 0 Å². The molecule has 4 N–H and O–H groups in total. The molecule has 0 saturated carbocycles. The van der Waals surface area contributed by atoms with Crippen molar-refractivity contribution in [1.82, 2.24) is 15.1 Å². The standard InChI is InChI=1S/C11H21N3O6/c1-12-9(16)6-14(8-11(19)20)3-2-13(4-5-15)7-10(17)18/h15H,2-8H2,1H3,(H,12,16)(H,17,18)(H,19,20). The van der Waals surface area contributed by atoms with Gasteiger partial charge in [-0.25, -0.2) is 0 Å². The van der Waals surface area contributed by atoms with E-state index in [1.807, 2.05) is 0 Å². The number of amides is 1. The summed E-state index contributed by atoms with van der Waals surface area (Å²) in [6.07, 6.45) is 0. The van der Waals surface area contributed by atoms with E-state index in [4.69, 9.17) is 15.3 Å². The van der Waals surface area contributed by atoms with Gasteiger partial charge in [0.2, 0.25) is 5.91 Å². The number of rotatable bonds is 11. The quantitative estimate of drug-likeness (QED) is 0.328. The van der Waals surface area contributed by atoms with Crippen LogP contribution in [0.15, 0.2) is 0 Å². The van der Waals surface area contributed by atoms with Crippen molar-refractivity contribution >= 4 is 17.8 Å². The molecule has 0 atom stereocenters. The molecule has 0 heterocycles. The number of carboxylic acids is 2. The highest BCUT2D eigenvalue weighted by molar-refractivity contribution is 5.78. The number of nitrogens with zero attached hydrogens (tertiary/aromatic N) is 2. The lowest BCUT2D eigenvalue weighted by Gasteiger charge is -2.24. The van der Waals surface area contributed by atoms with Crippen molar-refractivity contribution in [2.75, 3.05) is 52.9 Å². The van der Waals surface area contributed by atoms with E-state index < -0.39 is 11.9 Å². The van der Waals surface area contributed by atoms with Gasteiger partial charge in [0.05, 0.1) is 26.2 Å². The first kappa shape index (κ1) is 18.3. The fourth-order valence-electron chi connectivity index (χ4n) is 1.57. The van der Waals surface area contributed by atoms with Crippen LogP contribution in [0.5, 0.6) is 0 Å². The second kappa shape index (κ2) is 10.1. The number of carbonyl (C=O) groups is 3. The minimum absolute atomic E-state index is 0.0805. The number of aliphatic hydroxyl groups is 1. The molecule has 0 fully saturated rings. The third-order valence-electron chi connectivity index (χ3n) is 2.51. The van der Waals surface area contributed by atoms with Crippen molar-refractivity contribution in [3.8, 4) is 0 Å². The van der Waals surface area contributed by atoms with Crippen LogP contribution >= 0.6 is 0 Å². The van der Waals surface area contributed by atoms with E-state index in [1.54, 1.807) is 0 Å². The van der Waals surface area contributed by atoms with Crippen molar-refractivity contribution in [2.24, 2.45) is 0 Å². The van der Waals surface area contributed by atoms with Gasteiger partial charge in [-0.2, -0.15) is 0 Å². The highest BCUT2D eigenvalue weighted by Gasteiger charge is 2.16. The number of aliphatic carboxylic acids is 2. The Hall–Kier alpha value is -1.71. The van der Waals surface area contributed by atoms with Gasteiger partial charge < -0.3 is 20.6 Å². The molecule has 0 aliphatic heterocycles. The summed E-state index contributed by atoms with van der Waals surface area (Å²) in [5, 5.41) is 28.7. The minimum atomic E-state index is -1.07. The van der Waals surface area contributed by atoms with E-state index in [0.29, 0.717) is 0 Å². The fraction of sp³-hybridized carbons (Fsp3) is 0.727. The molecule has 0 aromatic carbocycles. The molecule has 9 heteroatoms. The number of carbonyl (C=O) groups excluding carboxylic acids is 1. The molecule has 0 saturated heterocycles. The van der Waals surface area contributed by atoms with Gasteiger partial charge in [0.15, 0.2) is 0 Å². The highest BCUT2D eigenvalue weighted by Crippen LogP contribution is 1.93. The van der Waals surface area contributed by atoms with Crippen LogP contribution in [-0.2, 0) is 14.4 Å². The molecule has 0 bridgehead atoms. The molecule has 0 aliphatic carbocycles. The molecular formula is C11H21N3O6. The summed E-state index contributed by atoms with van der Waals surface area (Å²) >= 11 is 0. The van der Waals surface area contributed by atoms with E-state index in [9.17, 15) is 14.4 Å². The summed E-state index contributed by atoms with van der Waals surface area (Å²) in [6.45, 7) is -0.198. The number of nitrogens with one attached hydrogen (secondary N) is 1. The van der Waals surface area contributed by atoms with Crippen LogP contribution in [0.2, 0.25) is 0 Å². The lowest BCUT2D eigenvalue weighted by Crippen LogP contribution is -2.44. The molecule has 0 rings (SSSR count). The van der Waals surface area contributed by atoms with Crippen LogP contribution in [0.4, 0.5) is 0 Å². The first-order valence-electron chi connectivity index (χ1n) is 6.08. The van der Waals surface area contributed by atoms with Gasteiger partial charge in [-0.05, 0) is 0 Å². The maximum atomic E-state index is 11.3. The molecule has 0 aromatic rings. The lowest BCUT2D eigenvalue weighted by atomic mass is 10.3. The largest absolute Gasteiger partial charge is 0.480 e. The summed E-state index contributed by atoms with van der Waals surface area (Å²) in [7, 11) is 1.45. The third-order valence-corrected chi connectivity index (χ3v) is 2.51. The van der Waals surface area contributed by atoms with Crippen LogP contribution in [0, 0.1) is 0 Å². The molecule has 0 aromatic heterocycles. The summed E-state index contributed by atoms with van der Waals surface area (Å²) < 4.78 is 0. The van der Waals surface area contributed by atoms with Crippen molar-refractivity contribution in [2.45, 2.75) is 0 Å². The van der Waals surface area contributed by atoms with Crippen molar-refractivity contribution in [3.63, 3.8) is 0 Å². The molecule has 20 heavy (non-hydrogen) atoms. The average Bonchev–Trinajstić information content (AvgIpc) is 2.34. The smallest absolute Gasteiger partial charge is 0.317 e. The van der Waals surface area contributed by atoms with Crippen LogP contribution < -0.4 is 5.32 Å². The normalized spacial score (nSPS) is 10.8. The van der Waals surface area contributed by atoms with E-state index in [-0.39, 0.29) is 51.8 Å². The zero-order valence-corrected chi connectivity index (χ0v) is 11.4. The molecule has 9 nitrogen and oxygen atoms in total. The summed E-state index contributed by atoms with van der Waals surface area (Å²) in [6, 6.07) is 0. The maximum absolute atomic E-state index is 11.3. The summed E-state index contributed by atoms with van der Waals surface area (Å²) in [4.78, 5) is 35.5. The lowest BCUT2D eigenvalue weighted by molar-refractivity contribution is -0.140. The molecule has 116 valence electrons. The van der Waals surface area contributed by atoms with E-state index in [0.717, 1.165) is 0 Å². The van der Waals surface area contributed by atoms with Crippen LogP contribution in [0.3, 0.4) is 0 Å². The maximum Gasteiger partial charge on any atom is 0.317 e. The Morgan fingerprint density at radius 1 is 0.900 bits per heavy atom. The Labute approximate surface area is 116 Å². The van der Waals surface area contributed by atoms with Crippen LogP contribution in [0.1, 0.15) is 0 Å². The second-order valence-electron chi connectivity index (χ2n) is 4.17. The Bertz CT molecular complexity index is 336. The predicted molar refractivity (Wildman–Crippen MR) is 69.3 cm³/mol. The van der Waals surface area contributed by atoms with Gasteiger partial charge in [0, 0.05) is 26.7 Å². The topological polar surface area (TPSA) is 130 Å². The van der Waals surface area contributed by atoms with Gasteiger partial charge >= 0.3 is 11.9 Å². The SMILES string of the molecule is CNC(=O)CN(CCN(CCO)CC(=O)O)CC(=O)O. The fourth-order valence-corrected chi connectivity index (χ4v) is 1.57. The molecule has 0 spiro atoms. The molecule has 0 unspecified atom stereocenters. The molecule has 0 radical (unpaired) electrons.